The molecule has 1 aliphatic rings. The Bertz CT molecular complexity index is 432. The molecular weight excluding hydrogens is 238 g/mol. The van der Waals surface area contributed by atoms with Gasteiger partial charge in [-0.2, -0.15) is 0 Å². The average molecular weight is 261 g/mol. The van der Waals surface area contributed by atoms with E-state index < -0.39 is 0 Å². The highest BCUT2D eigenvalue weighted by Crippen LogP contribution is 2.47. The summed E-state index contributed by atoms with van der Waals surface area (Å²) in [6.07, 6.45) is 2.38. The minimum Gasteiger partial charge on any atom is -0.396 e. The molecule has 1 fully saturated rings. The number of hydrogen-bond acceptors (Lipinski definition) is 2. The number of rotatable bonds is 6. The van der Waals surface area contributed by atoms with Crippen molar-refractivity contribution in [2.75, 3.05) is 6.61 Å². The fourth-order valence-electron chi connectivity index (χ4n) is 2.52. The Morgan fingerprint density at radius 2 is 2.11 bits per heavy atom. The van der Waals surface area contributed by atoms with E-state index in [1.807, 2.05) is 32.0 Å². The van der Waals surface area contributed by atoms with Crippen LogP contribution in [-0.4, -0.2) is 23.2 Å². The van der Waals surface area contributed by atoms with E-state index >= 15 is 0 Å². The normalized spacial score (nSPS) is 24.6. The maximum atomic E-state index is 12.2. The largest absolute Gasteiger partial charge is 0.396 e. The van der Waals surface area contributed by atoms with E-state index in [2.05, 4.69) is 17.4 Å². The highest BCUT2D eigenvalue weighted by Gasteiger charge is 2.45. The van der Waals surface area contributed by atoms with Gasteiger partial charge in [0, 0.05) is 18.1 Å². The molecule has 3 nitrogen and oxygen atoms in total. The van der Waals surface area contributed by atoms with Crippen LogP contribution in [0.4, 0.5) is 0 Å². The maximum absolute atomic E-state index is 12.2. The van der Waals surface area contributed by atoms with E-state index in [4.69, 9.17) is 5.11 Å². The first-order valence-electron chi connectivity index (χ1n) is 7.07. The van der Waals surface area contributed by atoms with Gasteiger partial charge in [-0.1, -0.05) is 37.3 Å². The number of aliphatic hydroxyl groups is 1. The molecule has 0 spiro atoms. The number of carbonyl (C=O) groups is 1. The van der Waals surface area contributed by atoms with Gasteiger partial charge in [-0.25, -0.2) is 0 Å². The number of carbonyl (C=O) groups excluding carboxylic acids is 1. The zero-order chi connectivity index (χ0) is 13.9. The Balaban J connectivity index is 1.93. The van der Waals surface area contributed by atoms with Crippen molar-refractivity contribution in [1.82, 2.24) is 5.32 Å². The minimum atomic E-state index is -0.282. The van der Waals surface area contributed by atoms with Crippen molar-refractivity contribution in [2.45, 2.75) is 44.6 Å². The van der Waals surface area contributed by atoms with Gasteiger partial charge in [0.1, 0.15) is 0 Å². The number of hydrogen-bond donors (Lipinski definition) is 2. The fourth-order valence-corrected chi connectivity index (χ4v) is 2.52. The van der Waals surface area contributed by atoms with Crippen molar-refractivity contribution in [2.24, 2.45) is 5.92 Å². The van der Waals surface area contributed by atoms with Crippen LogP contribution in [0.1, 0.15) is 44.6 Å². The summed E-state index contributed by atoms with van der Waals surface area (Å²) in [6, 6.07) is 10.2. The molecule has 1 aromatic carbocycles. The molecule has 0 radical (unpaired) electrons. The molecule has 2 rings (SSSR count). The topological polar surface area (TPSA) is 49.3 Å². The molecule has 0 bridgehead atoms. The van der Waals surface area contributed by atoms with Gasteiger partial charge in [-0.3, -0.25) is 4.79 Å². The first-order chi connectivity index (χ1) is 9.09. The Hall–Kier alpha value is -1.35. The number of amides is 1. The van der Waals surface area contributed by atoms with Crippen molar-refractivity contribution in [3.05, 3.63) is 35.9 Å². The van der Waals surface area contributed by atoms with Crippen LogP contribution < -0.4 is 5.32 Å². The Labute approximate surface area is 115 Å². The summed E-state index contributed by atoms with van der Waals surface area (Å²) < 4.78 is 0. The second-order valence-electron chi connectivity index (χ2n) is 5.74. The summed E-state index contributed by atoms with van der Waals surface area (Å²) >= 11 is 0. The summed E-state index contributed by atoms with van der Waals surface area (Å²) in [5, 5.41) is 12.2. The molecule has 0 saturated heterocycles. The third-order valence-electron chi connectivity index (χ3n) is 4.22. The van der Waals surface area contributed by atoms with E-state index in [0.29, 0.717) is 12.3 Å². The van der Waals surface area contributed by atoms with Crippen LogP contribution in [-0.2, 0) is 4.79 Å². The van der Waals surface area contributed by atoms with Gasteiger partial charge in [0.2, 0.25) is 5.91 Å². The van der Waals surface area contributed by atoms with Gasteiger partial charge >= 0.3 is 0 Å². The van der Waals surface area contributed by atoms with Gasteiger partial charge in [0.25, 0.3) is 0 Å². The highest BCUT2D eigenvalue weighted by atomic mass is 16.3. The molecule has 19 heavy (non-hydrogen) atoms. The van der Waals surface area contributed by atoms with Crippen LogP contribution in [0.3, 0.4) is 0 Å². The Morgan fingerprint density at radius 3 is 2.68 bits per heavy atom. The van der Waals surface area contributed by atoms with E-state index in [0.717, 1.165) is 12.8 Å². The average Bonchev–Trinajstić information content (AvgIpc) is 3.20. The molecule has 1 aliphatic carbocycles. The minimum absolute atomic E-state index is 0.104. The van der Waals surface area contributed by atoms with Gasteiger partial charge in [0.05, 0.1) is 0 Å². The predicted molar refractivity (Wildman–Crippen MR) is 75.8 cm³/mol. The lowest BCUT2D eigenvalue weighted by atomic mass is 9.94. The summed E-state index contributed by atoms with van der Waals surface area (Å²) in [5.41, 5.74) is 0.971. The smallest absolute Gasteiger partial charge is 0.224 e. The maximum Gasteiger partial charge on any atom is 0.224 e. The summed E-state index contributed by atoms with van der Waals surface area (Å²) in [4.78, 5) is 12.2. The molecule has 1 aromatic rings. The molecule has 0 heterocycles. The van der Waals surface area contributed by atoms with E-state index in [-0.39, 0.29) is 24.0 Å². The van der Waals surface area contributed by atoms with Gasteiger partial charge in [0.15, 0.2) is 0 Å². The SMILES string of the molecule is CCC(C)(CCO)NC(=O)C1CC1c1ccccc1. The second kappa shape index (κ2) is 5.74. The second-order valence-corrected chi connectivity index (χ2v) is 5.74. The zero-order valence-electron chi connectivity index (χ0n) is 11.7. The third kappa shape index (κ3) is 3.35. The van der Waals surface area contributed by atoms with E-state index in [1.165, 1.54) is 5.56 Å². The lowest BCUT2D eigenvalue weighted by molar-refractivity contribution is -0.124. The van der Waals surface area contributed by atoms with Gasteiger partial charge in [-0.15, -0.1) is 0 Å². The van der Waals surface area contributed by atoms with E-state index in [9.17, 15) is 4.79 Å². The van der Waals surface area contributed by atoms with E-state index in [1.54, 1.807) is 0 Å². The molecular formula is C16H23NO2. The van der Waals surface area contributed by atoms with Crippen LogP contribution in [0, 0.1) is 5.92 Å². The zero-order valence-corrected chi connectivity index (χ0v) is 11.7. The summed E-state index contributed by atoms with van der Waals surface area (Å²) in [7, 11) is 0. The standard InChI is InChI=1S/C16H23NO2/c1-3-16(2,9-10-18)17-15(19)14-11-13(14)12-7-5-4-6-8-12/h4-8,13-14,18H,3,9-11H2,1-2H3,(H,17,19). The number of aliphatic hydroxyl groups excluding tert-OH is 1. The highest BCUT2D eigenvalue weighted by molar-refractivity contribution is 5.83. The molecule has 3 unspecified atom stereocenters. The lowest BCUT2D eigenvalue weighted by Gasteiger charge is -2.29. The monoisotopic (exact) mass is 261 g/mol. The molecule has 1 saturated carbocycles. The summed E-state index contributed by atoms with van der Waals surface area (Å²) in [5.74, 6) is 0.607. The third-order valence-corrected chi connectivity index (χ3v) is 4.22. The van der Waals surface area contributed by atoms with Crippen LogP contribution >= 0.6 is 0 Å². The molecule has 3 atom stereocenters. The molecule has 0 aliphatic heterocycles. The van der Waals surface area contributed by atoms with Crippen molar-refractivity contribution >= 4 is 5.91 Å². The Kier molecular flexibility index (Phi) is 4.25. The first kappa shape index (κ1) is 14.1. The van der Waals surface area contributed by atoms with Gasteiger partial charge in [-0.05, 0) is 37.7 Å². The predicted octanol–water partition coefficient (Wildman–Crippen LogP) is 2.46. The van der Waals surface area contributed by atoms with Crippen LogP contribution in [0.2, 0.25) is 0 Å². The number of benzene rings is 1. The fraction of sp³-hybridized carbons (Fsp3) is 0.562. The molecule has 0 aromatic heterocycles. The Morgan fingerprint density at radius 1 is 1.42 bits per heavy atom. The van der Waals surface area contributed by atoms with Crippen LogP contribution in [0.25, 0.3) is 0 Å². The molecule has 1 amide bonds. The quantitative estimate of drug-likeness (QED) is 0.826. The summed E-state index contributed by atoms with van der Waals surface area (Å²) in [6.45, 7) is 4.15. The van der Waals surface area contributed by atoms with Crippen molar-refractivity contribution in [3.8, 4) is 0 Å². The van der Waals surface area contributed by atoms with Crippen molar-refractivity contribution in [3.63, 3.8) is 0 Å². The number of nitrogens with one attached hydrogen (secondary N) is 1. The molecule has 3 heteroatoms. The first-order valence-corrected chi connectivity index (χ1v) is 7.07. The van der Waals surface area contributed by atoms with Crippen molar-refractivity contribution in [1.29, 1.82) is 0 Å². The van der Waals surface area contributed by atoms with Gasteiger partial charge < -0.3 is 10.4 Å². The lowest BCUT2D eigenvalue weighted by Crippen LogP contribution is -2.47. The van der Waals surface area contributed by atoms with Crippen LogP contribution in [0.15, 0.2) is 30.3 Å². The van der Waals surface area contributed by atoms with Crippen LogP contribution in [0.5, 0.6) is 0 Å². The molecule has 2 N–H and O–H groups in total. The van der Waals surface area contributed by atoms with Crippen molar-refractivity contribution < 1.29 is 9.90 Å². The molecule has 104 valence electrons.